The van der Waals surface area contributed by atoms with Gasteiger partial charge < -0.3 is 5.32 Å². The highest BCUT2D eigenvalue weighted by Gasteiger charge is 2.13. The molecule has 4 rings (SSSR count). The van der Waals surface area contributed by atoms with E-state index >= 15 is 0 Å². The van der Waals surface area contributed by atoms with Crippen molar-refractivity contribution in [3.05, 3.63) is 67.0 Å². The molecule has 4 aromatic rings. The molecule has 158 valence electrons. The predicted molar refractivity (Wildman–Crippen MR) is 119 cm³/mol. The fourth-order valence-corrected chi connectivity index (χ4v) is 3.89. The molecule has 3 N–H and O–H groups in total. The number of aromatic nitrogens is 3. The molecule has 0 radical (unpaired) electrons. The van der Waals surface area contributed by atoms with Crippen molar-refractivity contribution in [2.75, 3.05) is 17.7 Å². The average molecular weight is 436 g/mol. The first-order valence-corrected chi connectivity index (χ1v) is 10.8. The molecule has 0 fully saturated rings. The molecule has 2 heterocycles. The van der Waals surface area contributed by atoms with Gasteiger partial charge in [0.25, 0.3) is 0 Å². The second-order valence-electron chi connectivity index (χ2n) is 6.79. The number of aryl methyl sites for hydroxylation is 1. The van der Waals surface area contributed by atoms with E-state index in [4.69, 9.17) is 0 Å². The Balaban J connectivity index is 1.48. The van der Waals surface area contributed by atoms with Crippen LogP contribution < -0.4 is 15.4 Å². The van der Waals surface area contributed by atoms with Crippen LogP contribution in [0.1, 0.15) is 0 Å². The van der Waals surface area contributed by atoms with Gasteiger partial charge in [0.15, 0.2) is 5.82 Å². The maximum absolute atomic E-state index is 12.3. The Morgan fingerprint density at radius 1 is 0.968 bits per heavy atom. The number of nitrogens with zero attached hydrogens (tertiary/aromatic N) is 3. The highest BCUT2D eigenvalue weighted by molar-refractivity contribution is 7.89. The van der Waals surface area contributed by atoms with E-state index in [1.54, 1.807) is 30.2 Å². The maximum Gasteiger partial charge on any atom is 0.324 e. The van der Waals surface area contributed by atoms with Crippen molar-refractivity contribution in [2.45, 2.75) is 4.90 Å². The molecule has 2 aromatic heterocycles. The summed E-state index contributed by atoms with van der Waals surface area (Å²) in [6.07, 6.45) is 3.55. The summed E-state index contributed by atoms with van der Waals surface area (Å²) in [5, 5.41) is 11.8. The van der Waals surface area contributed by atoms with Crippen LogP contribution in [0.4, 0.5) is 16.3 Å². The standard InChI is InChI=1S/C21H20N6O3S/c1-22-31(29,30)18-7-5-17(6-8-18)24-21(28)25-20-12-19(27(2)26-20)15-4-3-14-9-10-23-13-16(14)11-15/h3-13,22H,1-2H3,(H2,24,25,26,28). The van der Waals surface area contributed by atoms with E-state index in [2.05, 4.69) is 25.4 Å². The lowest BCUT2D eigenvalue weighted by molar-refractivity contribution is 0.262. The minimum Gasteiger partial charge on any atom is -0.308 e. The first kappa shape index (κ1) is 20.5. The summed E-state index contributed by atoms with van der Waals surface area (Å²) in [6.45, 7) is 0. The molecule has 10 heteroatoms. The molecule has 0 aliphatic heterocycles. The molecule has 0 atom stereocenters. The topological polar surface area (TPSA) is 118 Å². The smallest absolute Gasteiger partial charge is 0.308 e. The molecule has 0 saturated heterocycles. The summed E-state index contributed by atoms with van der Waals surface area (Å²) < 4.78 is 27.5. The van der Waals surface area contributed by atoms with Crippen molar-refractivity contribution in [1.29, 1.82) is 0 Å². The number of pyridine rings is 1. The van der Waals surface area contributed by atoms with Gasteiger partial charge in [0.2, 0.25) is 10.0 Å². The van der Waals surface area contributed by atoms with Gasteiger partial charge in [-0.2, -0.15) is 5.10 Å². The quantitative estimate of drug-likeness (QED) is 0.444. The molecule has 0 spiro atoms. The molecule has 9 nitrogen and oxygen atoms in total. The van der Waals surface area contributed by atoms with Crippen LogP contribution in [0.3, 0.4) is 0 Å². The van der Waals surface area contributed by atoms with E-state index in [0.29, 0.717) is 11.5 Å². The molecular formula is C21H20N6O3S. The summed E-state index contributed by atoms with van der Waals surface area (Å²) >= 11 is 0. The third-order valence-corrected chi connectivity index (χ3v) is 6.18. The number of benzene rings is 2. The summed E-state index contributed by atoms with van der Waals surface area (Å²) in [7, 11) is -0.393. The van der Waals surface area contributed by atoms with Gasteiger partial charge in [-0.15, -0.1) is 0 Å². The number of amides is 2. The Labute approximate surface area is 179 Å². The first-order valence-electron chi connectivity index (χ1n) is 9.35. The van der Waals surface area contributed by atoms with Crippen molar-refractivity contribution in [3.63, 3.8) is 0 Å². The Morgan fingerprint density at radius 2 is 1.74 bits per heavy atom. The molecule has 0 aliphatic rings. The summed E-state index contributed by atoms with van der Waals surface area (Å²) in [5.74, 6) is 0.385. The minimum absolute atomic E-state index is 0.112. The molecule has 0 saturated carbocycles. The number of fused-ring (bicyclic) bond motifs is 1. The normalized spacial score (nSPS) is 11.4. The largest absolute Gasteiger partial charge is 0.324 e. The molecule has 0 aliphatic carbocycles. The van der Waals surface area contributed by atoms with E-state index in [1.165, 1.54) is 31.3 Å². The molecule has 0 unspecified atom stereocenters. The summed E-state index contributed by atoms with van der Waals surface area (Å²) in [4.78, 5) is 16.6. The highest BCUT2D eigenvalue weighted by atomic mass is 32.2. The Hall–Kier alpha value is -3.76. The fraction of sp³-hybridized carbons (Fsp3) is 0.0952. The van der Waals surface area contributed by atoms with Gasteiger partial charge in [0.1, 0.15) is 0 Å². The van der Waals surface area contributed by atoms with Crippen molar-refractivity contribution >= 4 is 38.3 Å². The van der Waals surface area contributed by atoms with E-state index in [-0.39, 0.29) is 4.90 Å². The van der Waals surface area contributed by atoms with E-state index < -0.39 is 16.1 Å². The average Bonchev–Trinajstić information content (AvgIpc) is 3.13. The Morgan fingerprint density at radius 3 is 2.48 bits per heavy atom. The molecule has 2 aromatic carbocycles. The van der Waals surface area contributed by atoms with Crippen molar-refractivity contribution < 1.29 is 13.2 Å². The molecule has 2 amide bonds. The van der Waals surface area contributed by atoms with Crippen LogP contribution in [0.15, 0.2) is 71.9 Å². The number of sulfonamides is 1. The minimum atomic E-state index is -3.53. The van der Waals surface area contributed by atoms with Gasteiger partial charge >= 0.3 is 6.03 Å². The number of hydrogen-bond donors (Lipinski definition) is 3. The van der Waals surface area contributed by atoms with Gasteiger partial charge in [0, 0.05) is 42.1 Å². The van der Waals surface area contributed by atoms with E-state index in [1.807, 2.05) is 24.3 Å². The highest BCUT2D eigenvalue weighted by Crippen LogP contribution is 2.26. The second-order valence-corrected chi connectivity index (χ2v) is 8.67. The molecular weight excluding hydrogens is 416 g/mol. The van der Waals surface area contributed by atoms with Crippen molar-refractivity contribution in [1.82, 2.24) is 19.5 Å². The zero-order valence-corrected chi connectivity index (χ0v) is 17.6. The van der Waals surface area contributed by atoms with Crippen LogP contribution in [-0.2, 0) is 17.1 Å². The SMILES string of the molecule is CNS(=O)(=O)c1ccc(NC(=O)Nc2cc(-c3ccc4ccncc4c3)n(C)n2)cc1. The molecule has 31 heavy (non-hydrogen) atoms. The van der Waals surface area contributed by atoms with Gasteiger partial charge in [-0.25, -0.2) is 17.9 Å². The Bertz CT molecular complexity index is 1360. The maximum atomic E-state index is 12.3. The summed E-state index contributed by atoms with van der Waals surface area (Å²) in [6, 6.07) is 15.1. The monoisotopic (exact) mass is 436 g/mol. The third-order valence-electron chi connectivity index (χ3n) is 4.75. The van der Waals surface area contributed by atoms with E-state index in [0.717, 1.165) is 22.0 Å². The second kappa shape index (κ2) is 8.17. The Kier molecular flexibility index (Phi) is 5.40. The van der Waals surface area contributed by atoms with Crippen LogP contribution in [-0.4, -0.2) is 36.3 Å². The van der Waals surface area contributed by atoms with Crippen LogP contribution >= 0.6 is 0 Å². The van der Waals surface area contributed by atoms with Crippen LogP contribution in [0.25, 0.3) is 22.0 Å². The van der Waals surface area contributed by atoms with Crippen LogP contribution in [0, 0.1) is 0 Å². The zero-order valence-electron chi connectivity index (χ0n) is 16.8. The van der Waals surface area contributed by atoms with Crippen LogP contribution in [0.5, 0.6) is 0 Å². The number of urea groups is 1. The number of anilines is 2. The van der Waals surface area contributed by atoms with Crippen molar-refractivity contribution in [2.24, 2.45) is 7.05 Å². The fourth-order valence-electron chi connectivity index (χ4n) is 3.16. The van der Waals surface area contributed by atoms with E-state index in [9.17, 15) is 13.2 Å². The number of rotatable bonds is 5. The molecule has 0 bridgehead atoms. The van der Waals surface area contributed by atoms with Gasteiger partial charge in [-0.3, -0.25) is 15.0 Å². The zero-order chi connectivity index (χ0) is 22.0. The summed E-state index contributed by atoms with van der Waals surface area (Å²) in [5.41, 5.74) is 2.23. The van der Waals surface area contributed by atoms with Crippen LogP contribution in [0.2, 0.25) is 0 Å². The first-order chi connectivity index (χ1) is 14.9. The van der Waals surface area contributed by atoms with Gasteiger partial charge in [0.05, 0.1) is 10.6 Å². The van der Waals surface area contributed by atoms with Crippen molar-refractivity contribution in [3.8, 4) is 11.3 Å². The number of carbonyl (C=O) groups excluding carboxylic acids is 1. The third kappa shape index (κ3) is 4.39. The number of hydrogen-bond acceptors (Lipinski definition) is 5. The van der Waals surface area contributed by atoms with Gasteiger partial charge in [-0.1, -0.05) is 12.1 Å². The lowest BCUT2D eigenvalue weighted by Gasteiger charge is -2.07. The predicted octanol–water partition coefficient (Wildman–Crippen LogP) is 3.19. The number of nitrogens with one attached hydrogen (secondary N) is 3. The number of carbonyl (C=O) groups is 1. The lowest BCUT2D eigenvalue weighted by atomic mass is 10.1. The lowest BCUT2D eigenvalue weighted by Crippen LogP contribution is -2.20. The van der Waals surface area contributed by atoms with Gasteiger partial charge in [-0.05, 0) is 48.8 Å².